The standard InChI is InChI=1S/C9H10BrN5O5/c10-3-1-15(9(19)12-7(3)18)8-5(13-14-11)6(17)4(2-16)20-8/h1,4-6,8,16-17H,2H2,(H,12,18,19)/t4-,5-,6-,8-/m1/s1. The molecule has 4 atom stereocenters. The number of hydrogen-bond donors (Lipinski definition) is 3. The molecule has 0 bridgehead atoms. The molecule has 0 radical (unpaired) electrons. The maximum Gasteiger partial charge on any atom is 0.330 e. The number of rotatable bonds is 3. The van der Waals surface area contributed by atoms with Gasteiger partial charge in [-0.15, -0.1) is 0 Å². The zero-order chi connectivity index (χ0) is 14.9. The third kappa shape index (κ3) is 2.49. The first-order chi connectivity index (χ1) is 9.49. The summed E-state index contributed by atoms with van der Waals surface area (Å²) in [5.41, 5.74) is 7.10. The average Bonchev–Trinajstić information content (AvgIpc) is 2.72. The van der Waals surface area contributed by atoms with E-state index in [9.17, 15) is 14.7 Å². The lowest BCUT2D eigenvalue weighted by atomic mass is 10.1. The van der Waals surface area contributed by atoms with E-state index in [-0.39, 0.29) is 4.47 Å². The van der Waals surface area contributed by atoms with E-state index >= 15 is 0 Å². The molecular formula is C9H10BrN5O5. The molecule has 108 valence electrons. The molecule has 0 unspecified atom stereocenters. The van der Waals surface area contributed by atoms with Crippen molar-refractivity contribution in [2.75, 3.05) is 6.61 Å². The molecule has 1 aromatic heterocycles. The molecule has 0 amide bonds. The summed E-state index contributed by atoms with van der Waals surface area (Å²) in [5, 5.41) is 22.3. The number of hydrogen-bond acceptors (Lipinski definition) is 6. The lowest BCUT2D eigenvalue weighted by Gasteiger charge is -2.17. The lowest BCUT2D eigenvalue weighted by molar-refractivity contribution is -0.0465. The highest BCUT2D eigenvalue weighted by molar-refractivity contribution is 9.10. The van der Waals surface area contributed by atoms with Crippen LogP contribution < -0.4 is 11.2 Å². The number of nitrogens with zero attached hydrogens (tertiary/aromatic N) is 4. The fraction of sp³-hybridized carbons (Fsp3) is 0.556. The molecule has 3 N–H and O–H groups in total. The highest BCUT2D eigenvalue weighted by Gasteiger charge is 2.44. The van der Waals surface area contributed by atoms with Crippen molar-refractivity contribution in [2.45, 2.75) is 24.5 Å². The third-order valence-corrected chi connectivity index (χ3v) is 3.47. The molecule has 1 aromatic rings. The van der Waals surface area contributed by atoms with E-state index < -0.39 is 42.3 Å². The Morgan fingerprint density at radius 3 is 2.90 bits per heavy atom. The van der Waals surface area contributed by atoms with Crippen molar-refractivity contribution in [1.29, 1.82) is 0 Å². The predicted octanol–water partition coefficient (Wildman–Crippen LogP) is -0.771. The molecule has 20 heavy (non-hydrogen) atoms. The first kappa shape index (κ1) is 14.8. The minimum absolute atomic E-state index is 0.0716. The Hall–Kier alpha value is -1.65. The molecule has 0 spiro atoms. The van der Waals surface area contributed by atoms with Crippen molar-refractivity contribution >= 4 is 15.9 Å². The van der Waals surface area contributed by atoms with Gasteiger partial charge in [-0.1, -0.05) is 5.11 Å². The summed E-state index contributed by atoms with van der Waals surface area (Å²) >= 11 is 2.96. The van der Waals surface area contributed by atoms with Crippen LogP contribution in [0.5, 0.6) is 0 Å². The number of aliphatic hydroxyl groups is 2. The zero-order valence-electron chi connectivity index (χ0n) is 9.88. The van der Waals surface area contributed by atoms with Gasteiger partial charge in [-0.2, -0.15) is 0 Å². The van der Waals surface area contributed by atoms with Crippen LogP contribution in [0.25, 0.3) is 10.4 Å². The lowest BCUT2D eigenvalue weighted by Crippen LogP contribution is -2.37. The molecule has 1 aliphatic heterocycles. The first-order valence-electron chi connectivity index (χ1n) is 5.49. The number of ether oxygens (including phenoxy) is 1. The van der Waals surface area contributed by atoms with E-state index in [4.69, 9.17) is 15.4 Å². The Bertz CT molecular complexity index is 665. The van der Waals surface area contributed by atoms with Gasteiger partial charge in [-0.05, 0) is 21.5 Å². The van der Waals surface area contributed by atoms with E-state index in [1.54, 1.807) is 0 Å². The van der Waals surface area contributed by atoms with Crippen molar-refractivity contribution in [2.24, 2.45) is 5.11 Å². The topological polar surface area (TPSA) is 153 Å². The van der Waals surface area contributed by atoms with Crippen LogP contribution in [0, 0.1) is 0 Å². The van der Waals surface area contributed by atoms with E-state index in [1.807, 2.05) is 4.98 Å². The van der Waals surface area contributed by atoms with Crippen LogP contribution >= 0.6 is 15.9 Å². The number of H-pyrrole nitrogens is 1. The summed E-state index contributed by atoms with van der Waals surface area (Å²) in [5.74, 6) is 0. The molecule has 1 saturated heterocycles. The Balaban J connectivity index is 2.50. The number of halogens is 1. The van der Waals surface area contributed by atoms with Gasteiger partial charge in [0.25, 0.3) is 5.56 Å². The minimum Gasteiger partial charge on any atom is -0.394 e. The van der Waals surface area contributed by atoms with Crippen molar-refractivity contribution in [3.05, 3.63) is 42.0 Å². The number of aliphatic hydroxyl groups excluding tert-OH is 2. The maximum atomic E-state index is 11.8. The Morgan fingerprint density at radius 2 is 2.30 bits per heavy atom. The normalized spacial score (nSPS) is 29.1. The average molecular weight is 348 g/mol. The zero-order valence-corrected chi connectivity index (χ0v) is 11.5. The summed E-state index contributed by atoms with van der Waals surface area (Å²) in [7, 11) is 0. The molecule has 2 rings (SSSR count). The minimum atomic E-state index is -1.27. The highest BCUT2D eigenvalue weighted by Crippen LogP contribution is 2.31. The van der Waals surface area contributed by atoms with Gasteiger partial charge < -0.3 is 14.9 Å². The summed E-state index contributed by atoms with van der Waals surface area (Å²) in [6.45, 7) is -0.506. The molecule has 11 heteroatoms. The van der Waals surface area contributed by atoms with Gasteiger partial charge in [0.2, 0.25) is 0 Å². The summed E-state index contributed by atoms with van der Waals surface area (Å²) in [4.78, 5) is 27.7. The van der Waals surface area contributed by atoms with Crippen LogP contribution in [0.15, 0.2) is 25.4 Å². The van der Waals surface area contributed by atoms with Gasteiger partial charge in [-0.25, -0.2) is 4.79 Å². The summed E-state index contributed by atoms with van der Waals surface area (Å²) in [6.07, 6.45) is -2.22. The predicted molar refractivity (Wildman–Crippen MR) is 69.0 cm³/mol. The molecule has 0 aliphatic carbocycles. The van der Waals surface area contributed by atoms with Crippen molar-refractivity contribution in [3.63, 3.8) is 0 Å². The van der Waals surface area contributed by atoms with E-state index in [2.05, 4.69) is 26.0 Å². The number of azide groups is 1. The Kier molecular flexibility index (Phi) is 4.26. The molecule has 0 saturated carbocycles. The van der Waals surface area contributed by atoms with Gasteiger partial charge in [-0.3, -0.25) is 14.3 Å². The van der Waals surface area contributed by atoms with Crippen LogP contribution in [0.4, 0.5) is 0 Å². The quantitative estimate of drug-likeness (QED) is 0.372. The van der Waals surface area contributed by atoms with Crippen LogP contribution in [0.1, 0.15) is 6.23 Å². The Labute approximate surface area is 119 Å². The van der Waals surface area contributed by atoms with Gasteiger partial charge in [0, 0.05) is 11.1 Å². The summed E-state index contributed by atoms with van der Waals surface area (Å²) in [6, 6.07) is -1.10. The van der Waals surface area contributed by atoms with Gasteiger partial charge in [0.15, 0.2) is 0 Å². The number of aromatic nitrogens is 2. The van der Waals surface area contributed by atoms with Crippen LogP contribution in [0.3, 0.4) is 0 Å². The SMILES string of the molecule is [N-]=[N+]=N[C@@H]1[C@H](O)[C@@H](CO)O[C@H]1n1cc(Br)c(=O)[nH]c1=O. The molecule has 0 aromatic carbocycles. The largest absolute Gasteiger partial charge is 0.394 e. The van der Waals surface area contributed by atoms with E-state index in [1.165, 1.54) is 0 Å². The summed E-state index contributed by atoms with van der Waals surface area (Å²) < 4.78 is 6.35. The van der Waals surface area contributed by atoms with Crippen molar-refractivity contribution in [1.82, 2.24) is 9.55 Å². The molecule has 1 aliphatic rings. The van der Waals surface area contributed by atoms with E-state index in [0.717, 1.165) is 10.8 Å². The second-order valence-electron chi connectivity index (χ2n) is 4.08. The van der Waals surface area contributed by atoms with Crippen LogP contribution in [0.2, 0.25) is 0 Å². The van der Waals surface area contributed by atoms with E-state index in [0.29, 0.717) is 0 Å². The molecule has 1 fully saturated rings. The first-order valence-corrected chi connectivity index (χ1v) is 6.28. The van der Waals surface area contributed by atoms with Gasteiger partial charge in [0.1, 0.15) is 18.4 Å². The fourth-order valence-electron chi connectivity index (χ4n) is 1.94. The fourth-order valence-corrected chi connectivity index (χ4v) is 2.26. The van der Waals surface area contributed by atoms with Gasteiger partial charge in [0.05, 0.1) is 17.2 Å². The monoisotopic (exact) mass is 347 g/mol. The molecule has 10 nitrogen and oxygen atoms in total. The van der Waals surface area contributed by atoms with Crippen LogP contribution in [-0.2, 0) is 4.74 Å². The van der Waals surface area contributed by atoms with Crippen molar-refractivity contribution < 1.29 is 14.9 Å². The number of aromatic amines is 1. The smallest absolute Gasteiger partial charge is 0.330 e. The third-order valence-electron chi connectivity index (χ3n) is 2.90. The molecule has 2 heterocycles. The van der Waals surface area contributed by atoms with Crippen LogP contribution in [-0.4, -0.2) is 44.6 Å². The molecular weight excluding hydrogens is 338 g/mol. The second kappa shape index (κ2) is 5.77. The Morgan fingerprint density at radius 1 is 1.60 bits per heavy atom. The van der Waals surface area contributed by atoms with Gasteiger partial charge >= 0.3 is 5.69 Å². The van der Waals surface area contributed by atoms with Crippen molar-refractivity contribution in [3.8, 4) is 0 Å². The highest BCUT2D eigenvalue weighted by atomic mass is 79.9. The second-order valence-corrected chi connectivity index (χ2v) is 4.93. The maximum absolute atomic E-state index is 11.8. The number of nitrogens with one attached hydrogen (secondary N) is 1.